The lowest BCUT2D eigenvalue weighted by atomic mass is 10.0. The number of aliphatic carboxylic acids is 1. The third-order valence-corrected chi connectivity index (χ3v) is 7.15. The first-order chi connectivity index (χ1) is 17.7. The van der Waals surface area contributed by atoms with E-state index in [-0.39, 0.29) is 0 Å². The second-order valence-corrected chi connectivity index (χ2v) is 10.8. The molecule has 3 N–H and O–H groups in total. The molecule has 0 heterocycles. The Hall–Kier alpha value is -0.610. The molecular formula is C32H66O4. The van der Waals surface area contributed by atoms with Crippen LogP contribution in [-0.2, 0) is 4.79 Å². The lowest BCUT2D eigenvalue weighted by Gasteiger charge is -2.04. The van der Waals surface area contributed by atoms with Gasteiger partial charge in [0, 0.05) is 6.61 Å². The molecule has 0 aliphatic heterocycles. The number of unbranched alkanes of at least 4 members (excludes halogenated alkanes) is 27. The number of rotatable bonds is 29. The molecule has 0 radical (unpaired) electrons. The fraction of sp³-hybridized carbons (Fsp3) is 0.969. The van der Waals surface area contributed by atoms with Crippen LogP contribution in [0.3, 0.4) is 0 Å². The van der Waals surface area contributed by atoms with Crippen molar-refractivity contribution in [2.24, 2.45) is 0 Å². The Balaban J connectivity index is 0. The number of hydrogen-bond donors (Lipinski definition) is 3. The molecule has 0 saturated carbocycles. The number of carbonyl (C=O) groups is 1. The first-order valence-corrected chi connectivity index (χ1v) is 16.1. The number of aliphatic hydroxyl groups is 2. The first-order valence-electron chi connectivity index (χ1n) is 16.1. The molecule has 0 aromatic heterocycles. The van der Waals surface area contributed by atoms with Gasteiger partial charge in [0.2, 0.25) is 0 Å². The van der Waals surface area contributed by atoms with E-state index >= 15 is 0 Å². The monoisotopic (exact) mass is 514 g/mol. The normalized spacial score (nSPS) is 10.9. The molecule has 0 bridgehead atoms. The summed E-state index contributed by atoms with van der Waals surface area (Å²) in [7, 11) is 0. The highest BCUT2D eigenvalue weighted by Gasteiger charge is 1.96. The number of hydrogen-bond acceptors (Lipinski definition) is 3. The Morgan fingerprint density at radius 3 is 0.694 bits per heavy atom. The first kappa shape index (κ1) is 37.5. The molecule has 0 aromatic rings. The molecule has 0 rings (SSSR count). The van der Waals surface area contributed by atoms with Gasteiger partial charge in [-0.05, 0) is 6.42 Å². The summed E-state index contributed by atoms with van der Waals surface area (Å²) < 4.78 is 0. The summed E-state index contributed by atoms with van der Waals surface area (Å²) in [6, 6.07) is 0. The van der Waals surface area contributed by atoms with Gasteiger partial charge in [-0.15, -0.1) is 0 Å². The van der Waals surface area contributed by atoms with Gasteiger partial charge in [0.05, 0.1) is 0 Å². The maximum absolute atomic E-state index is 9.12. The molecule has 0 amide bonds. The van der Waals surface area contributed by atoms with Crippen molar-refractivity contribution in [2.75, 3.05) is 13.2 Å². The highest BCUT2D eigenvalue weighted by Crippen LogP contribution is 2.16. The van der Waals surface area contributed by atoms with Crippen molar-refractivity contribution in [1.29, 1.82) is 0 Å². The van der Waals surface area contributed by atoms with Gasteiger partial charge in [-0.1, -0.05) is 180 Å². The summed E-state index contributed by atoms with van der Waals surface area (Å²) in [5, 5.41) is 23.8. The highest BCUT2D eigenvalue weighted by molar-refractivity contribution is 5.67. The minimum Gasteiger partial charge on any atom is -0.480 e. The van der Waals surface area contributed by atoms with E-state index in [9.17, 15) is 0 Å². The summed E-state index contributed by atoms with van der Waals surface area (Å²) in [6.45, 7) is 1.90. The molecule has 36 heavy (non-hydrogen) atoms. The molecule has 0 aliphatic rings. The summed E-state index contributed by atoms with van der Waals surface area (Å²) in [6.07, 6.45) is 40.1. The standard InChI is InChI=1S/C30H62O.C2H4O3/c1-2-3-4-5-6-7-8-9-10-11-12-13-14-15-16-17-18-19-20-21-22-23-24-25-26-27-28-29-30-31;3-1-2(4)5/h31H,2-30H2,1H3;3H,1H2,(H,4,5). The fourth-order valence-corrected chi connectivity index (χ4v) is 4.78. The molecule has 4 nitrogen and oxygen atoms in total. The van der Waals surface area contributed by atoms with E-state index in [1.807, 2.05) is 0 Å². The van der Waals surface area contributed by atoms with Crippen molar-refractivity contribution in [2.45, 2.75) is 187 Å². The zero-order valence-electron chi connectivity index (χ0n) is 24.5. The Morgan fingerprint density at radius 2 is 0.556 bits per heavy atom. The van der Waals surface area contributed by atoms with Crippen LogP contribution < -0.4 is 0 Å². The maximum atomic E-state index is 9.12. The Kier molecular flexibility index (Phi) is 38.1. The van der Waals surface area contributed by atoms with Crippen LogP contribution in [0.5, 0.6) is 0 Å². The lowest BCUT2D eigenvalue weighted by molar-refractivity contribution is -0.140. The van der Waals surface area contributed by atoms with E-state index in [1.54, 1.807) is 0 Å². The van der Waals surface area contributed by atoms with Gasteiger partial charge in [-0.3, -0.25) is 0 Å². The molecule has 0 spiro atoms. The third-order valence-electron chi connectivity index (χ3n) is 7.15. The van der Waals surface area contributed by atoms with Crippen LogP contribution in [0, 0.1) is 0 Å². The maximum Gasteiger partial charge on any atom is 0.329 e. The van der Waals surface area contributed by atoms with Crippen molar-refractivity contribution >= 4 is 5.97 Å². The van der Waals surface area contributed by atoms with E-state index < -0.39 is 12.6 Å². The fourth-order valence-electron chi connectivity index (χ4n) is 4.78. The van der Waals surface area contributed by atoms with Gasteiger partial charge < -0.3 is 15.3 Å². The van der Waals surface area contributed by atoms with Gasteiger partial charge in [-0.2, -0.15) is 0 Å². The van der Waals surface area contributed by atoms with Crippen LogP contribution in [0.25, 0.3) is 0 Å². The van der Waals surface area contributed by atoms with E-state index in [2.05, 4.69) is 6.92 Å². The molecule has 0 aliphatic carbocycles. The quantitative estimate of drug-likeness (QED) is 0.0868. The van der Waals surface area contributed by atoms with E-state index in [0.29, 0.717) is 6.61 Å². The highest BCUT2D eigenvalue weighted by atomic mass is 16.4. The van der Waals surface area contributed by atoms with Crippen molar-refractivity contribution in [3.63, 3.8) is 0 Å². The lowest BCUT2D eigenvalue weighted by Crippen LogP contribution is -1.98. The number of aliphatic hydroxyl groups excluding tert-OH is 2. The average Bonchev–Trinajstić information content (AvgIpc) is 2.88. The van der Waals surface area contributed by atoms with Gasteiger partial charge in [0.25, 0.3) is 0 Å². The average molecular weight is 515 g/mol. The molecule has 0 atom stereocenters. The Morgan fingerprint density at radius 1 is 0.389 bits per heavy atom. The van der Waals surface area contributed by atoms with Crippen LogP contribution >= 0.6 is 0 Å². The second kappa shape index (κ2) is 36.5. The molecule has 0 unspecified atom stereocenters. The SMILES string of the molecule is CCCCCCCCCCCCCCCCCCCCCCCCCCCCCCO.O=C(O)CO. The summed E-state index contributed by atoms with van der Waals surface area (Å²) in [5.74, 6) is -1.19. The molecule has 0 saturated heterocycles. The van der Waals surface area contributed by atoms with Gasteiger partial charge >= 0.3 is 5.97 Å². The molecule has 4 heteroatoms. The number of carboxylic acids is 1. The van der Waals surface area contributed by atoms with E-state index in [4.69, 9.17) is 20.1 Å². The number of carboxylic acid groups (broad SMARTS) is 1. The smallest absolute Gasteiger partial charge is 0.329 e. The minimum absolute atomic E-state index is 0.374. The minimum atomic E-state index is -1.19. The van der Waals surface area contributed by atoms with Crippen molar-refractivity contribution < 1.29 is 20.1 Å². The Labute approximate surface area is 226 Å². The zero-order chi connectivity index (χ0) is 26.8. The zero-order valence-corrected chi connectivity index (χ0v) is 24.5. The summed E-state index contributed by atoms with van der Waals surface area (Å²) in [5.41, 5.74) is 0. The van der Waals surface area contributed by atoms with Crippen LogP contribution in [0.4, 0.5) is 0 Å². The summed E-state index contributed by atoms with van der Waals surface area (Å²) >= 11 is 0. The molecule has 0 fully saturated rings. The van der Waals surface area contributed by atoms with E-state index in [1.165, 1.54) is 173 Å². The molecule has 0 aromatic carbocycles. The van der Waals surface area contributed by atoms with Crippen LogP contribution in [0.2, 0.25) is 0 Å². The van der Waals surface area contributed by atoms with Crippen molar-refractivity contribution in [3.8, 4) is 0 Å². The third kappa shape index (κ3) is 40.6. The van der Waals surface area contributed by atoms with Crippen LogP contribution in [-0.4, -0.2) is 34.5 Å². The Bertz CT molecular complexity index is 358. The van der Waals surface area contributed by atoms with Crippen molar-refractivity contribution in [3.05, 3.63) is 0 Å². The summed E-state index contributed by atoms with van der Waals surface area (Å²) in [4.78, 5) is 9.12. The van der Waals surface area contributed by atoms with E-state index in [0.717, 1.165) is 6.42 Å². The predicted octanol–water partition coefficient (Wildman–Crippen LogP) is 9.98. The van der Waals surface area contributed by atoms with Crippen molar-refractivity contribution in [1.82, 2.24) is 0 Å². The molecular weight excluding hydrogens is 448 g/mol. The largest absolute Gasteiger partial charge is 0.480 e. The van der Waals surface area contributed by atoms with Gasteiger partial charge in [0.1, 0.15) is 6.61 Å². The van der Waals surface area contributed by atoms with Gasteiger partial charge in [0.15, 0.2) is 0 Å². The van der Waals surface area contributed by atoms with Gasteiger partial charge in [-0.25, -0.2) is 4.79 Å². The van der Waals surface area contributed by atoms with Crippen LogP contribution in [0.1, 0.15) is 187 Å². The van der Waals surface area contributed by atoms with Crippen LogP contribution in [0.15, 0.2) is 0 Å². The predicted molar refractivity (Wildman–Crippen MR) is 157 cm³/mol. The second-order valence-electron chi connectivity index (χ2n) is 10.8. The topological polar surface area (TPSA) is 77.8 Å². The molecule has 218 valence electrons.